The lowest BCUT2D eigenvalue weighted by Crippen LogP contribution is -2.13. The van der Waals surface area contributed by atoms with Gasteiger partial charge in [-0.05, 0) is 30.3 Å². The van der Waals surface area contributed by atoms with E-state index in [4.69, 9.17) is 4.42 Å². The Hall–Kier alpha value is -2.24. The van der Waals surface area contributed by atoms with Crippen LogP contribution in [0.15, 0.2) is 47.1 Å². The molecule has 0 saturated carbocycles. The number of anilines is 1. The van der Waals surface area contributed by atoms with E-state index in [1.165, 1.54) is 18.4 Å². The summed E-state index contributed by atoms with van der Waals surface area (Å²) in [4.78, 5) is 11.6. The Morgan fingerprint density at radius 2 is 2.00 bits per heavy atom. The predicted octanol–water partition coefficient (Wildman–Crippen LogP) is 3.87. The van der Waals surface area contributed by atoms with E-state index in [0.29, 0.717) is 12.2 Å². The number of carbonyl (C=O) groups is 1. The second-order valence-electron chi connectivity index (χ2n) is 4.21. The molecule has 1 heterocycles. The van der Waals surface area contributed by atoms with Gasteiger partial charge < -0.3 is 9.73 Å². The third-order valence-electron chi connectivity index (χ3n) is 2.65. The summed E-state index contributed by atoms with van der Waals surface area (Å²) in [7, 11) is 0. The third-order valence-corrected chi connectivity index (χ3v) is 2.65. The van der Waals surface area contributed by atoms with Crippen molar-refractivity contribution in [3.05, 3.63) is 54.0 Å². The van der Waals surface area contributed by atoms with Crippen molar-refractivity contribution in [1.82, 2.24) is 0 Å². The highest BCUT2D eigenvalue weighted by atomic mass is 19.4. The molecule has 6 heteroatoms. The molecule has 0 spiro atoms. The fraction of sp³-hybridized carbons (Fsp3) is 0.214. The van der Waals surface area contributed by atoms with Crippen LogP contribution in [-0.4, -0.2) is 5.91 Å². The quantitative estimate of drug-likeness (QED) is 0.925. The normalized spacial score (nSPS) is 11.3. The zero-order valence-corrected chi connectivity index (χ0v) is 10.4. The molecule has 0 atom stereocenters. The Balaban J connectivity index is 1.94. The van der Waals surface area contributed by atoms with E-state index in [9.17, 15) is 18.0 Å². The maximum Gasteiger partial charge on any atom is 0.416 e. The van der Waals surface area contributed by atoms with E-state index >= 15 is 0 Å². The largest absolute Gasteiger partial charge is 0.469 e. The minimum Gasteiger partial charge on any atom is -0.469 e. The van der Waals surface area contributed by atoms with E-state index in [1.807, 2.05) is 0 Å². The standard InChI is InChI=1S/C14H12F3NO2/c15-14(16,17)10-3-1-4-11(9-10)18-13(19)7-6-12-5-2-8-20-12/h1-5,8-9H,6-7H2,(H,18,19). The summed E-state index contributed by atoms with van der Waals surface area (Å²) in [6, 6.07) is 7.98. The molecule has 0 aliphatic heterocycles. The van der Waals surface area contributed by atoms with Crippen LogP contribution in [0.4, 0.5) is 18.9 Å². The number of rotatable bonds is 4. The maximum atomic E-state index is 12.5. The topological polar surface area (TPSA) is 42.2 Å². The summed E-state index contributed by atoms with van der Waals surface area (Å²) in [5.41, 5.74) is -0.661. The van der Waals surface area contributed by atoms with Crippen LogP contribution in [0, 0.1) is 0 Å². The van der Waals surface area contributed by atoms with Crippen molar-refractivity contribution < 1.29 is 22.4 Å². The molecule has 0 saturated heterocycles. The highest BCUT2D eigenvalue weighted by Crippen LogP contribution is 2.30. The fourth-order valence-corrected chi connectivity index (χ4v) is 1.69. The van der Waals surface area contributed by atoms with Crippen LogP contribution in [0.3, 0.4) is 0 Å². The number of benzene rings is 1. The van der Waals surface area contributed by atoms with Crippen molar-refractivity contribution in [1.29, 1.82) is 0 Å². The van der Waals surface area contributed by atoms with Crippen LogP contribution < -0.4 is 5.32 Å². The molecule has 0 radical (unpaired) electrons. The summed E-state index contributed by atoms with van der Waals surface area (Å²) < 4.78 is 42.6. The Morgan fingerprint density at radius 3 is 2.65 bits per heavy atom. The molecule has 1 N–H and O–H groups in total. The van der Waals surface area contributed by atoms with Crippen LogP contribution in [0.2, 0.25) is 0 Å². The van der Waals surface area contributed by atoms with Crippen LogP contribution in [-0.2, 0) is 17.4 Å². The Kier molecular flexibility index (Phi) is 4.12. The highest BCUT2D eigenvalue weighted by molar-refractivity contribution is 5.90. The number of hydrogen-bond acceptors (Lipinski definition) is 2. The monoisotopic (exact) mass is 283 g/mol. The molecular formula is C14H12F3NO2. The average Bonchev–Trinajstić information content (AvgIpc) is 2.89. The van der Waals surface area contributed by atoms with Crippen molar-refractivity contribution in [3.8, 4) is 0 Å². The molecule has 2 aromatic rings. The van der Waals surface area contributed by atoms with Gasteiger partial charge in [-0.15, -0.1) is 0 Å². The number of amides is 1. The molecule has 0 unspecified atom stereocenters. The second-order valence-corrected chi connectivity index (χ2v) is 4.21. The zero-order chi connectivity index (χ0) is 14.6. The van der Waals surface area contributed by atoms with Gasteiger partial charge in [0.05, 0.1) is 11.8 Å². The molecule has 106 valence electrons. The van der Waals surface area contributed by atoms with Crippen molar-refractivity contribution in [3.63, 3.8) is 0 Å². The molecule has 1 aromatic heterocycles. The SMILES string of the molecule is O=C(CCc1ccco1)Nc1cccc(C(F)(F)F)c1. The Labute approximate surface area is 113 Å². The summed E-state index contributed by atoms with van der Waals surface area (Å²) >= 11 is 0. The van der Waals surface area contributed by atoms with E-state index < -0.39 is 11.7 Å². The predicted molar refractivity (Wildman–Crippen MR) is 67.1 cm³/mol. The van der Waals surface area contributed by atoms with Gasteiger partial charge in [-0.1, -0.05) is 6.07 Å². The van der Waals surface area contributed by atoms with Gasteiger partial charge in [0.25, 0.3) is 0 Å². The van der Waals surface area contributed by atoms with Crippen LogP contribution in [0.5, 0.6) is 0 Å². The van der Waals surface area contributed by atoms with Gasteiger partial charge in [0.1, 0.15) is 5.76 Å². The van der Waals surface area contributed by atoms with Crippen LogP contribution in [0.25, 0.3) is 0 Å². The highest BCUT2D eigenvalue weighted by Gasteiger charge is 2.30. The number of carbonyl (C=O) groups excluding carboxylic acids is 1. The van der Waals surface area contributed by atoms with Crippen molar-refractivity contribution in [2.75, 3.05) is 5.32 Å². The molecule has 1 amide bonds. The number of halogens is 3. The summed E-state index contributed by atoms with van der Waals surface area (Å²) in [6.07, 6.45) is -2.38. The zero-order valence-electron chi connectivity index (χ0n) is 10.4. The van der Waals surface area contributed by atoms with E-state index in [-0.39, 0.29) is 18.0 Å². The van der Waals surface area contributed by atoms with Crippen molar-refractivity contribution in [2.24, 2.45) is 0 Å². The lowest BCUT2D eigenvalue weighted by Gasteiger charge is -2.09. The van der Waals surface area contributed by atoms with Crippen molar-refractivity contribution in [2.45, 2.75) is 19.0 Å². The first kappa shape index (κ1) is 14.2. The first-order chi connectivity index (χ1) is 9.45. The molecule has 0 aliphatic carbocycles. The first-order valence-corrected chi connectivity index (χ1v) is 5.94. The number of nitrogens with one attached hydrogen (secondary N) is 1. The molecular weight excluding hydrogens is 271 g/mol. The van der Waals surface area contributed by atoms with Gasteiger partial charge in [0.15, 0.2) is 0 Å². The average molecular weight is 283 g/mol. The molecule has 0 fully saturated rings. The van der Waals surface area contributed by atoms with Crippen LogP contribution >= 0.6 is 0 Å². The number of hydrogen-bond donors (Lipinski definition) is 1. The van der Waals surface area contributed by atoms with Gasteiger partial charge in [0.2, 0.25) is 5.91 Å². The summed E-state index contributed by atoms with van der Waals surface area (Å²) in [5, 5.41) is 2.44. The minimum absolute atomic E-state index is 0.129. The molecule has 0 bridgehead atoms. The van der Waals surface area contributed by atoms with Gasteiger partial charge in [-0.2, -0.15) is 13.2 Å². The van der Waals surface area contributed by atoms with E-state index in [1.54, 1.807) is 12.1 Å². The lowest BCUT2D eigenvalue weighted by atomic mass is 10.2. The smallest absolute Gasteiger partial charge is 0.416 e. The van der Waals surface area contributed by atoms with Gasteiger partial charge in [-0.3, -0.25) is 4.79 Å². The molecule has 3 nitrogen and oxygen atoms in total. The fourth-order valence-electron chi connectivity index (χ4n) is 1.69. The Bertz CT molecular complexity index is 576. The van der Waals surface area contributed by atoms with Crippen LogP contribution in [0.1, 0.15) is 17.7 Å². The number of furan rings is 1. The summed E-state index contributed by atoms with van der Waals surface area (Å²) in [5.74, 6) is 0.296. The number of alkyl halides is 3. The number of aryl methyl sites for hydroxylation is 1. The molecule has 1 aromatic carbocycles. The van der Waals surface area contributed by atoms with Gasteiger partial charge in [0, 0.05) is 18.5 Å². The first-order valence-electron chi connectivity index (χ1n) is 5.94. The molecule has 20 heavy (non-hydrogen) atoms. The Morgan fingerprint density at radius 1 is 1.20 bits per heavy atom. The van der Waals surface area contributed by atoms with E-state index in [0.717, 1.165) is 12.1 Å². The third kappa shape index (κ3) is 3.88. The van der Waals surface area contributed by atoms with Gasteiger partial charge >= 0.3 is 6.18 Å². The van der Waals surface area contributed by atoms with Crippen molar-refractivity contribution >= 4 is 11.6 Å². The summed E-state index contributed by atoms with van der Waals surface area (Å²) in [6.45, 7) is 0. The minimum atomic E-state index is -4.42. The van der Waals surface area contributed by atoms with Gasteiger partial charge in [-0.25, -0.2) is 0 Å². The molecule has 2 rings (SSSR count). The molecule has 0 aliphatic rings. The maximum absolute atomic E-state index is 12.5. The second kappa shape index (κ2) is 5.81. The van der Waals surface area contributed by atoms with E-state index in [2.05, 4.69) is 5.32 Å². The lowest BCUT2D eigenvalue weighted by molar-refractivity contribution is -0.137.